The number of fused-ring (bicyclic) bond motifs is 1. The van der Waals surface area contributed by atoms with Gasteiger partial charge in [0, 0.05) is 16.7 Å². The fourth-order valence-corrected chi connectivity index (χ4v) is 6.62. The van der Waals surface area contributed by atoms with Gasteiger partial charge in [0.05, 0.1) is 20.1 Å². The summed E-state index contributed by atoms with van der Waals surface area (Å²) in [5, 5.41) is 32.0. The minimum Gasteiger partial charge on any atom is -0.506 e. The van der Waals surface area contributed by atoms with Crippen molar-refractivity contribution in [1.29, 1.82) is 0 Å². The predicted octanol–water partition coefficient (Wildman–Crippen LogP) is 7.03. The monoisotopic (exact) mass is 630 g/mol. The summed E-state index contributed by atoms with van der Waals surface area (Å²) in [5.41, 5.74) is 3.28. The molecule has 3 N–H and O–H groups in total. The van der Waals surface area contributed by atoms with Crippen LogP contribution in [0.25, 0.3) is 0 Å². The third kappa shape index (κ3) is 4.05. The molecule has 1 aliphatic heterocycles. The van der Waals surface area contributed by atoms with Gasteiger partial charge in [-0.05, 0) is 104 Å². The molecule has 0 radical (unpaired) electrons. The van der Waals surface area contributed by atoms with E-state index in [4.69, 9.17) is 4.74 Å². The molecule has 6 nitrogen and oxygen atoms in total. The van der Waals surface area contributed by atoms with E-state index in [0.717, 1.165) is 22.3 Å². The highest BCUT2D eigenvalue weighted by molar-refractivity contribution is 9.11. The first-order valence-corrected chi connectivity index (χ1v) is 13.8. The number of aryl methyl sites for hydroxylation is 2. The van der Waals surface area contributed by atoms with Gasteiger partial charge in [0.2, 0.25) is 0 Å². The molecule has 8 heteroatoms. The third-order valence-corrected chi connectivity index (χ3v) is 8.82. The second-order valence-electron chi connectivity index (χ2n) is 9.00. The van der Waals surface area contributed by atoms with Crippen molar-refractivity contribution >= 4 is 43.8 Å². The van der Waals surface area contributed by atoms with E-state index in [2.05, 4.69) is 31.9 Å². The number of carbonyl (C=O) groups is 2. The number of carbonyl (C=O) groups excluding carboxylic acids is 1. The molecule has 0 bridgehead atoms. The molecule has 0 unspecified atom stereocenters. The molecule has 0 fully saturated rings. The molecular weight excluding hydrogens is 604 g/mol. The van der Waals surface area contributed by atoms with Crippen LogP contribution in [0.15, 0.2) is 39.3 Å². The minimum absolute atomic E-state index is 0.0403. The lowest BCUT2D eigenvalue weighted by atomic mass is 9.77. The fourth-order valence-electron chi connectivity index (χ4n) is 5.35. The van der Waals surface area contributed by atoms with Crippen molar-refractivity contribution in [1.82, 2.24) is 0 Å². The zero-order valence-electron chi connectivity index (χ0n) is 21.0. The molecule has 3 aromatic carbocycles. The summed E-state index contributed by atoms with van der Waals surface area (Å²) in [6.45, 7) is 7.89. The number of hydrogen-bond acceptors (Lipinski definition) is 5. The van der Waals surface area contributed by atoms with Gasteiger partial charge in [-0.3, -0.25) is 0 Å². The molecule has 1 aliphatic rings. The maximum absolute atomic E-state index is 13.4. The Labute approximate surface area is 232 Å². The average Bonchev–Trinajstić information content (AvgIpc) is 3.18. The average molecular weight is 632 g/mol. The molecule has 0 atom stereocenters. The number of carboxylic acid groups (broad SMARTS) is 1. The first kappa shape index (κ1) is 27.2. The van der Waals surface area contributed by atoms with Gasteiger partial charge in [0.15, 0.2) is 5.60 Å². The molecule has 0 spiro atoms. The van der Waals surface area contributed by atoms with E-state index in [9.17, 15) is 24.9 Å². The summed E-state index contributed by atoms with van der Waals surface area (Å²) in [4.78, 5) is 25.1. The minimum atomic E-state index is -1.57. The Morgan fingerprint density at radius 2 is 1.30 bits per heavy atom. The Kier molecular flexibility index (Phi) is 7.45. The molecule has 3 aromatic rings. The Hall–Kier alpha value is -2.84. The highest BCUT2D eigenvalue weighted by Gasteiger charge is 2.52. The number of carboxylic acids is 1. The maximum atomic E-state index is 13.4. The summed E-state index contributed by atoms with van der Waals surface area (Å²) in [6.07, 6.45) is 2.48. The number of ether oxygens (including phenoxy) is 1. The Morgan fingerprint density at radius 3 is 1.70 bits per heavy atom. The molecule has 0 aromatic heterocycles. The van der Waals surface area contributed by atoms with Crippen LogP contribution < -0.4 is 0 Å². The lowest BCUT2D eigenvalue weighted by Crippen LogP contribution is -2.31. The smallest absolute Gasteiger partial charge is 0.340 e. The number of cyclic esters (lactones) is 1. The third-order valence-electron chi connectivity index (χ3n) is 7.21. The van der Waals surface area contributed by atoms with Crippen molar-refractivity contribution in [3.8, 4) is 11.5 Å². The highest BCUT2D eigenvalue weighted by Crippen LogP contribution is 2.55. The van der Waals surface area contributed by atoms with Crippen LogP contribution in [-0.4, -0.2) is 27.3 Å². The highest BCUT2D eigenvalue weighted by atomic mass is 79.9. The van der Waals surface area contributed by atoms with Gasteiger partial charge in [-0.1, -0.05) is 33.8 Å². The van der Waals surface area contributed by atoms with Crippen molar-refractivity contribution in [3.63, 3.8) is 0 Å². The first-order valence-electron chi connectivity index (χ1n) is 12.3. The summed E-state index contributed by atoms with van der Waals surface area (Å²) in [6, 6.07) is 8.15. The second kappa shape index (κ2) is 10.1. The predicted molar refractivity (Wildman–Crippen MR) is 148 cm³/mol. The summed E-state index contributed by atoms with van der Waals surface area (Å²) in [7, 11) is 0. The van der Waals surface area contributed by atoms with Gasteiger partial charge in [-0.2, -0.15) is 0 Å². The van der Waals surface area contributed by atoms with E-state index < -0.39 is 17.5 Å². The van der Waals surface area contributed by atoms with Crippen LogP contribution >= 0.6 is 31.9 Å². The maximum Gasteiger partial charge on any atom is 0.340 e. The van der Waals surface area contributed by atoms with E-state index in [1.165, 1.54) is 12.1 Å². The Bertz CT molecular complexity index is 1380. The molecule has 4 rings (SSSR count). The first-order chi connectivity index (χ1) is 17.6. The zero-order valence-corrected chi connectivity index (χ0v) is 24.2. The van der Waals surface area contributed by atoms with E-state index in [0.29, 0.717) is 51.3 Å². The van der Waals surface area contributed by atoms with Crippen molar-refractivity contribution in [2.75, 3.05) is 0 Å². The number of phenols is 2. The van der Waals surface area contributed by atoms with E-state index in [1.807, 2.05) is 39.8 Å². The molecule has 37 heavy (non-hydrogen) atoms. The van der Waals surface area contributed by atoms with E-state index >= 15 is 0 Å². The van der Waals surface area contributed by atoms with Crippen molar-refractivity contribution in [2.45, 2.75) is 59.0 Å². The number of benzene rings is 3. The van der Waals surface area contributed by atoms with E-state index in [-0.39, 0.29) is 22.6 Å². The van der Waals surface area contributed by atoms with Crippen LogP contribution in [0, 0.1) is 0 Å². The standard InChI is InChI=1S/C29H28Br2O6/c1-5-14-12-21(23(30)25(32)17(14)7-3)29(22-13-15(6-2)18(8-4)26(33)24(22)31)20-10-9-16(27(34)35)11-19(20)28(36)37-29/h9-13,32-33H,5-8H2,1-4H3,(H,34,35). The number of phenolic OH excluding ortho intramolecular Hbond substituents is 2. The van der Waals surface area contributed by atoms with Crippen LogP contribution in [0.5, 0.6) is 11.5 Å². The van der Waals surface area contributed by atoms with Crippen LogP contribution in [0.3, 0.4) is 0 Å². The molecular formula is C29H28Br2O6. The largest absolute Gasteiger partial charge is 0.506 e. The number of aromatic carboxylic acids is 1. The number of esters is 1. The van der Waals surface area contributed by atoms with Crippen molar-refractivity contribution < 1.29 is 29.6 Å². The van der Waals surface area contributed by atoms with Gasteiger partial charge in [0.25, 0.3) is 0 Å². The van der Waals surface area contributed by atoms with Gasteiger partial charge in [0.1, 0.15) is 11.5 Å². The zero-order chi connectivity index (χ0) is 27.2. The number of rotatable bonds is 7. The normalized spacial score (nSPS) is 13.9. The van der Waals surface area contributed by atoms with Crippen LogP contribution in [0.1, 0.15) is 87.4 Å². The van der Waals surface area contributed by atoms with Crippen LogP contribution in [0.4, 0.5) is 0 Å². The Balaban J connectivity index is 2.21. The van der Waals surface area contributed by atoms with Gasteiger partial charge in [-0.15, -0.1) is 0 Å². The molecule has 194 valence electrons. The lowest BCUT2D eigenvalue weighted by molar-refractivity contribution is 0.0245. The Morgan fingerprint density at radius 1 is 0.811 bits per heavy atom. The van der Waals surface area contributed by atoms with Gasteiger partial charge >= 0.3 is 11.9 Å². The van der Waals surface area contributed by atoms with Gasteiger partial charge < -0.3 is 20.1 Å². The van der Waals surface area contributed by atoms with Crippen LogP contribution in [0.2, 0.25) is 0 Å². The lowest BCUT2D eigenvalue weighted by Gasteiger charge is -2.34. The number of aromatic hydroxyl groups is 2. The summed E-state index contributed by atoms with van der Waals surface area (Å²) in [5.74, 6) is -1.73. The quantitative estimate of drug-likeness (QED) is 0.242. The summed E-state index contributed by atoms with van der Waals surface area (Å²) < 4.78 is 6.97. The molecule has 0 aliphatic carbocycles. The second-order valence-corrected chi connectivity index (χ2v) is 10.6. The molecule has 1 heterocycles. The van der Waals surface area contributed by atoms with Crippen molar-refractivity contribution in [3.05, 3.63) is 89.3 Å². The summed E-state index contributed by atoms with van der Waals surface area (Å²) >= 11 is 7.16. The molecule has 0 saturated carbocycles. The SMILES string of the molecule is CCc1cc(C2(c3cc(CC)c(CC)c(O)c3Br)OC(=O)c3cc(C(=O)O)ccc32)c(Br)c(O)c1CC. The molecule has 0 saturated heterocycles. The van der Waals surface area contributed by atoms with Crippen molar-refractivity contribution in [2.24, 2.45) is 0 Å². The number of halogens is 2. The van der Waals surface area contributed by atoms with E-state index in [1.54, 1.807) is 6.07 Å². The topological polar surface area (TPSA) is 104 Å². The number of hydrogen-bond donors (Lipinski definition) is 3. The van der Waals surface area contributed by atoms with Crippen LogP contribution in [-0.2, 0) is 36.0 Å². The van der Waals surface area contributed by atoms with Gasteiger partial charge in [-0.25, -0.2) is 9.59 Å². The molecule has 0 amide bonds. The fraction of sp³-hybridized carbons (Fsp3) is 0.310.